The topological polar surface area (TPSA) is 84.1 Å². The van der Waals surface area contributed by atoms with E-state index in [4.69, 9.17) is 0 Å². The number of aliphatic hydroxyl groups is 1. The fourth-order valence-electron chi connectivity index (χ4n) is 4.81. The second-order valence-electron chi connectivity index (χ2n) is 7.80. The number of pyridine rings is 1. The third-order valence-corrected chi connectivity index (χ3v) is 6.79. The summed E-state index contributed by atoms with van der Waals surface area (Å²) >= 11 is 1.16. The first-order chi connectivity index (χ1) is 13.0. The SMILES string of the molecule is Cc1nnsc1C(=O)N1[C@H]2CC[C@H]1CC(O)(Cn1ccc3ccncc31)C2. The van der Waals surface area contributed by atoms with E-state index < -0.39 is 5.60 Å². The summed E-state index contributed by atoms with van der Waals surface area (Å²) in [7, 11) is 0. The monoisotopic (exact) mass is 383 g/mol. The second kappa shape index (κ2) is 6.10. The standard InChI is InChI=1S/C19H21N5O2S/c1-12-17(27-22-21-12)18(25)24-14-2-3-15(24)9-19(26,8-14)11-23-7-5-13-4-6-20-10-16(13)23/h4-7,10,14-15,26H,2-3,8-9,11H2,1H3/t14-,15-/m0/s1. The normalized spacial score (nSPS) is 27.4. The average Bonchev–Trinajstić information content (AvgIpc) is 3.32. The van der Waals surface area contributed by atoms with Crippen LogP contribution in [-0.2, 0) is 6.54 Å². The minimum absolute atomic E-state index is 0.0210. The van der Waals surface area contributed by atoms with Gasteiger partial charge in [-0.3, -0.25) is 9.78 Å². The van der Waals surface area contributed by atoms with Crippen LogP contribution < -0.4 is 0 Å². The predicted molar refractivity (Wildman–Crippen MR) is 102 cm³/mol. The summed E-state index contributed by atoms with van der Waals surface area (Å²) in [6, 6.07) is 4.17. The van der Waals surface area contributed by atoms with Gasteiger partial charge in [0.25, 0.3) is 5.91 Å². The van der Waals surface area contributed by atoms with Crippen LogP contribution in [0.25, 0.3) is 10.9 Å². The summed E-state index contributed by atoms with van der Waals surface area (Å²) in [5.41, 5.74) is 0.908. The minimum atomic E-state index is -0.814. The molecule has 1 amide bonds. The van der Waals surface area contributed by atoms with Crippen LogP contribution in [0.3, 0.4) is 0 Å². The quantitative estimate of drug-likeness (QED) is 0.751. The average molecular weight is 383 g/mol. The van der Waals surface area contributed by atoms with Crippen molar-refractivity contribution in [2.24, 2.45) is 0 Å². The van der Waals surface area contributed by atoms with Gasteiger partial charge in [-0.05, 0) is 56.3 Å². The maximum absolute atomic E-state index is 13.0. The molecule has 0 radical (unpaired) electrons. The van der Waals surface area contributed by atoms with Crippen molar-refractivity contribution in [3.8, 4) is 0 Å². The molecule has 5 rings (SSSR count). The van der Waals surface area contributed by atoms with Crippen molar-refractivity contribution >= 4 is 28.3 Å². The Morgan fingerprint density at radius 2 is 2.11 bits per heavy atom. The van der Waals surface area contributed by atoms with Gasteiger partial charge in [0.15, 0.2) is 0 Å². The van der Waals surface area contributed by atoms with Gasteiger partial charge in [0.1, 0.15) is 4.88 Å². The summed E-state index contributed by atoms with van der Waals surface area (Å²) in [4.78, 5) is 19.8. The molecule has 0 saturated carbocycles. The van der Waals surface area contributed by atoms with E-state index in [1.54, 1.807) is 6.20 Å². The maximum atomic E-state index is 13.0. The number of aromatic nitrogens is 4. The molecule has 140 valence electrons. The summed E-state index contributed by atoms with van der Waals surface area (Å²) in [6.45, 7) is 2.35. The summed E-state index contributed by atoms with van der Waals surface area (Å²) in [6.07, 6.45) is 8.71. The zero-order chi connectivity index (χ0) is 18.6. The molecule has 2 saturated heterocycles. The third kappa shape index (κ3) is 2.74. The molecular formula is C19H21N5O2S. The highest BCUT2D eigenvalue weighted by atomic mass is 32.1. The molecule has 0 aliphatic carbocycles. The lowest BCUT2D eigenvalue weighted by Crippen LogP contribution is -2.54. The lowest BCUT2D eigenvalue weighted by Gasteiger charge is -2.44. The van der Waals surface area contributed by atoms with Crippen LogP contribution in [0.1, 0.15) is 41.0 Å². The molecule has 2 aliphatic rings. The van der Waals surface area contributed by atoms with E-state index >= 15 is 0 Å². The first-order valence-corrected chi connectivity index (χ1v) is 10.0. The Bertz CT molecular complexity index is 998. The first kappa shape index (κ1) is 16.8. The lowest BCUT2D eigenvalue weighted by molar-refractivity contribution is -0.0532. The van der Waals surface area contributed by atoms with Gasteiger partial charge in [0, 0.05) is 29.9 Å². The summed E-state index contributed by atoms with van der Waals surface area (Å²) < 4.78 is 5.98. The zero-order valence-electron chi connectivity index (χ0n) is 15.1. The van der Waals surface area contributed by atoms with E-state index in [-0.39, 0.29) is 18.0 Å². The minimum Gasteiger partial charge on any atom is -0.388 e. The Kier molecular flexibility index (Phi) is 3.80. The van der Waals surface area contributed by atoms with E-state index in [1.165, 1.54) is 0 Å². The van der Waals surface area contributed by atoms with Gasteiger partial charge in [0.05, 0.1) is 29.6 Å². The number of rotatable bonds is 3. The number of nitrogens with zero attached hydrogens (tertiary/aromatic N) is 5. The fraction of sp³-hybridized carbons (Fsp3) is 0.474. The van der Waals surface area contributed by atoms with E-state index in [1.807, 2.05) is 36.4 Å². The molecular weight excluding hydrogens is 362 g/mol. The molecule has 0 spiro atoms. The van der Waals surface area contributed by atoms with Crippen molar-refractivity contribution in [3.63, 3.8) is 0 Å². The smallest absolute Gasteiger partial charge is 0.268 e. The Balaban J connectivity index is 1.39. The number of hydrogen-bond acceptors (Lipinski definition) is 6. The van der Waals surface area contributed by atoms with E-state index in [0.29, 0.717) is 30.0 Å². The molecule has 2 bridgehead atoms. The van der Waals surface area contributed by atoms with Crippen molar-refractivity contribution < 1.29 is 9.90 Å². The Morgan fingerprint density at radius 3 is 2.81 bits per heavy atom. The third-order valence-electron chi connectivity index (χ3n) is 5.97. The highest BCUT2D eigenvalue weighted by molar-refractivity contribution is 7.07. The van der Waals surface area contributed by atoms with E-state index in [9.17, 15) is 9.90 Å². The largest absolute Gasteiger partial charge is 0.388 e. The molecule has 7 nitrogen and oxygen atoms in total. The maximum Gasteiger partial charge on any atom is 0.268 e. The van der Waals surface area contributed by atoms with Crippen LogP contribution in [0.4, 0.5) is 0 Å². The Hall–Kier alpha value is -2.32. The number of amides is 1. The second-order valence-corrected chi connectivity index (χ2v) is 8.55. The fourth-order valence-corrected chi connectivity index (χ4v) is 5.41. The Labute approximate surface area is 160 Å². The van der Waals surface area contributed by atoms with Gasteiger partial charge in [0.2, 0.25) is 0 Å². The van der Waals surface area contributed by atoms with Crippen LogP contribution in [0.2, 0.25) is 0 Å². The first-order valence-electron chi connectivity index (χ1n) is 9.27. The number of carbonyl (C=O) groups excluding carboxylic acids is 1. The molecule has 1 N–H and O–H groups in total. The van der Waals surface area contributed by atoms with Crippen molar-refractivity contribution in [1.29, 1.82) is 0 Å². The molecule has 5 heterocycles. The molecule has 8 heteroatoms. The molecule has 2 aliphatic heterocycles. The molecule has 3 aromatic heterocycles. The molecule has 2 atom stereocenters. The lowest BCUT2D eigenvalue weighted by atomic mass is 9.85. The predicted octanol–water partition coefficient (Wildman–Crippen LogP) is 2.39. The van der Waals surface area contributed by atoms with Crippen LogP contribution in [0.15, 0.2) is 30.7 Å². The molecule has 3 aromatic rings. The highest BCUT2D eigenvalue weighted by Gasteiger charge is 2.50. The number of hydrogen-bond donors (Lipinski definition) is 1. The van der Waals surface area contributed by atoms with Crippen LogP contribution in [-0.4, -0.2) is 52.7 Å². The van der Waals surface area contributed by atoms with Crippen molar-refractivity contribution in [2.75, 3.05) is 0 Å². The number of fused-ring (bicyclic) bond motifs is 3. The van der Waals surface area contributed by atoms with Gasteiger partial charge in [-0.15, -0.1) is 5.10 Å². The molecule has 0 aromatic carbocycles. The van der Waals surface area contributed by atoms with Crippen LogP contribution in [0, 0.1) is 6.92 Å². The van der Waals surface area contributed by atoms with Crippen molar-refractivity contribution in [2.45, 2.75) is 56.8 Å². The van der Waals surface area contributed by atoms with Gasteiger partial charge in [-0.2, -0.15) is 0 Å². The van der Waals surface area contributed by atoms with Crippen LogP contribution in [0.5, 0.6) is 0 Å². The van der Waals surface area contributed by atoms with Crippen molar-refractivity contribution in [1.82, 2.24) is 24.0 Å². The summed E-state index contributed by atoms with van der Waals surface area (Å²) in [5, 5.41) is 16.5. The molecule has 0 unspecified atom stereocenters. The number of piperidine rings is 1. The number of aryl methyl sites for hydroxylation is 1. The van der Waals surface area contributed by atoms with Gasteiger partial charge in [-0.25, -0.2) is 0 Å². The molecule has 27 heavy (non-hydrogen) atoms. The Morgan fingerprint density at radius 1 is 1.33 bits per heavy atom. The van der Waals surface area contributed by atoms with Gasteiger partial charge >= 0.3 is 0 Å². The van der Waals surface area contributed by atoms with Gasteiger partial charge in [-0.1, -0.05) is 4.49 Å². The highest BCUT2D eigenvalue weighted by Crippen LogP contribution is 2.43. The van der Waals surface area contributed by atoms with Crippen molar-refractivity contribution in [3.05, 3.63) is 41.3 Å². The zero-order valence-corrected chi connectivity index (χ0v) is 15.9. The summed E-state index contributed by atoms with van der Waals surface area (Å²) in [5.74, 6) is 0.0210. The number of carbonyl (C=O) groups is 1. The van der Waals surface area contributed by atoms with Crippen LogP contribution >= 0.6 is 11.5 Å². The van der Waals surface area contributed by atoms with Gasteiger partial charge < -0.3 is 14.6 Å². The molecule has 2 fully saturated rings. The van der Waals surface area contributed by atoms with E-state index in [0.717, 1.165) is 35.3 Å². The van der Waals surface area contributed by atoms with E-state index in [2.05, 4.69) is 19.1 Å².